The SMILES string of the molecule is CCN[C@H](C)C(=O)c1cc2ccccc2o1. The van der Waals surface area contributed by atoms with Gasteiger partial charge in [-0.25, -0.2) is 0 Å². The lowest BCUT2D eigenvalue weighted by molar-refractivity contribution is 0.0926. The Kier molecular flexibility index (Phi) is 3.06. The van der Waals surface area contributed by atoms with E-state index in [1.54, 1.807) is 6.07 Å². The summed E-state index contributed by atoms with van der Waals surface area (Å²) in [4.78, 5) is 11.9. The number of carbonyl (C=O) groups is 1. The van der Waals surface area contributed by atoms with E-state index < -0.39 is 0 Å². The Labute approximate surface area is 94.4 Å². The molecule has 0 aliphatic heterocycles. The fourth-order valence-electron chi connectivity index (χ4n) is 1.72. The molecule has 0 amide bonds. The molecule has 1 N–H and O–H groups in total. The highest BCUT2D eigenvalue weighted by Crippen LogP contribution is 2.19. The number of carbonyl (C=O) groups excluding carboxylic acids is 1. The van der Waals surface area contributed by atoms with E-state index in [9.17, 15) is 4.79 Å². The van der Waals surface area contributed by atoms with E-state index in [2.05, 4.69) is 5.32 Å². The summed E-state index contributed by atoms with van der Waals surface area (Å²) in [5, 5.41) is 4.05. The highest BCUT2D eigenvalue weighted by molar-refractivity contribution is 6.00. The largest absolute Gasteiger partial charge is 0.453 e. The zero-order valence-electron chi connectivity index (χ0n) is 9.49. The zero-order valence-corrected chi connectivity index (χ0v) is 9.49. The van der Waals surface area contributed by atoms with E-state index in [1.165, 1.54) is 0 Å². The van der Waals surface area contributed by atoms with Gasteiger partial charge in [-0.15, -0.1) is 0 Å². The fraction of sp³-hybridized carbons (Fsp3) is 0.308. The molecule has 3 heteroatoms. The monoisotopic (exact) mass is 217 g/mol. The molecule has 1 atom stereocenters. The molecule has 16 heavy (non-hydrogen) atoms. The third-order valence-electron chi connectivity index (χ3n) is 2.57. The minimum absolute atomic E-state index is 0.00181. The molecule has 0 saturated carbocycles. The average Bonchev–Trinajstić information content (AvgIpc) is 2.71. The van der Waals surface area contributed by atoms with E-state index >= 15 is 0 Å². The Morgan fingerprint density at radius 1 is 1.44 bits per heavy atom. The van der Waals surface area contributed by atoms with Gasteiger partial charge in [-0.2, -0.15) is 0 Å². The molecule has 0 fully saturated rings. The normalized spacial score (nSPS) is 12.9. The Hall–Kier alpha value is -1.61. The van der Waals surface area contributed by atoms with Crippen molar-refractivity contribution in [3.05, 3.63) is 36.1 Å². The topological polar surface area (TPSA) is 42.2 Å². The van der Waals surface area contributed by atoms with Crippen LogP contribution in [-0.4, -0.2) is 18.4 Å². The van der Waals surface area contributed by atoms with Crippen molar-refractivity contribution in [3.8, 4) is 0 Å². The van der Waals surface area contributed by atoms with Crippen LogP contribution >= 0.6 is 0 Å². The van der Waals surface area contributed by atoms with Crippen molar-refractivity contribution >= 4 is 16.8 Å². The van der Waals surface area contributed by atoms with Crippen LogP contribution in [0.2, 0.25) is 0 Å². The molecule has 0 bridgehead atoms. The van der Waals surface area contributed by atoms with Crippen LogP contribution in [0.5, 0.6) is 0 Å². The van der Waals surface area contributed by atoms with Crippen molar-refractivity contribution in [2.24, 2.45) is 0 Å². The second-order valence-corrected chi connectivity index (χ2v) is 3.79. The molecule has 2 rings (SSSR count). The van der Waals surface area contributed by atoms with Crippen LogP contribution in [0.4, 0.5) is 0 Å². The van der Waals surface area contributed by atoms with Gasteiger partial charge < -0.3 is 9.73 Å². The molecular weight excluding hydrogens is 202 g/mol. The van der Waals surface area contributed by atoms with Crippen molar-refractivity contribution < 1.29 is 9.21 Å². The lowest BCUT2D eigenvalue weighted by atomic mass is 10.1. The quantitative estimate of drug-likeness (QED) is 0.800. The highest BCUT2D eigenvalue weighted by Gasteiger charge is 2.17. The van der Waals surface area contributed by atoms with Gasteiger partial charge in [0.05, 0.1) is 6.04 Å². The first-order chi connectivity index (χ1) is 7.72. The van der Waals surface area contributed by atoms with E-state index in [0.717, 1.165) is 17.5 Å². The van der Waals surface area contributed by atoms with Crippen molar-refractivity contribution in [1.29, 1.82) is 0 Å². The van der Waals surface area contributed by atoms with Crippen LogP contribution in [0.3, 0.4) is 0 Å². The molecule has 84 valence electrons. The van der Waals surface area contributed by atoms with Gasteiger partial charge in [-0.1, -0.05) is 25.1 Å². The molecule has 0 saturated heterocycles. The summed E-state index contributed by atoms with van der Waals surface area (Å²) in [5.74, 6) is 0.424. The average molecular weight is 217 g/mol. The Bertz CT molecular complexity index is 468. The minimum Gasteiger partial charge on any atom is -0.453 e. The molecule has 0 spiro atoms. The maximum Gasteiger partial charge on any atom is 0.214 e. The molecular formula is C13H15NO2. The Balaban J connectivity index is 2.29. The summed E-state index contributed by atoms with van der Waals surface area (Å²) in [6, 6.07) is 9.22. The molecule has 2 aromatic rings. The smallest absolute Gasteiger partial charge is 0.214 e. The lowest BCUT2D eigenvalue weighted by Crippen LogP contribution is -2.33. The van der Waals surface area contributed by atoms with Crippen LogP contribution in [-0.2, 0) is 0 Å². The number of likely N-dealkylation sites (N-methyl/N-ethyl adjacent to an activating group) is 1. The molecule has 0 aliphatic rings. The van der Waals surface area contributed by atoms with Crippen molar-refractivity contribution in [2.45, 2.75) is 19.9 Å². The predicted molar refractivity (Wildman–Crippen MR) is 63.7 cm³/mol. The highest BCUT2D eigenvalue weighted by atomic mass is 16.3. The number of hydrogen-bond donors (Lipinski definition) is 1. The number of Topliss-reactive ketones (excluding diaryl/α,β-unsaturated/α-hetero) is 1. The maximum absolute atomic E-state index is 11.9. The van der Waals surface area contributed by atoms with Gasteiger partial charge in [0.2, 0.25) is 5.78 Å². The van der Waals surface area contributed by atoms with Crippen LogP contribution in [0.1, 0.15) is 24.4 Å². The second-order valence-electron chi connectivity index (χ2n) is 3.79. The number of fused-ring (bicyclic) bond motifs is 1. The summed E-state index contributed by atoms with van der Waals surface area (Å²) in [6.07, 6.45) is 0. The van der Waals surface area contributed by atoms with Gasteiger partial charge in [0, 0.05) is 5.39 Å². The van der Waals surface area contributed by atoms with Gasteiger partial charge in [0.15, 0.2) is 5.76 Å². The summed E-state index contributed by atoms with van der Waals surface area (Å²) in [5.41, 5.74) is 0.759. The number of ketones is 1. The van der Waals surface area contributed by atoms with Crippen molar-refractivity contribution in [3.63, 3.8) is 0 Å². The standard InChI is InChI=1S/C13H15NO2/c1-3-14-9(2)13(15)12-8-10-6-4-5-7-11(10)16-12/h4-9,14H,3H2,1-2H3/t9-/m1/s1. The lowest BCUT2D eigenvalue weighted by Gasteiger charge is -2.08. The van der Waals surface area contributed by atoms with Crippen molar-refractivity contribution in [2.75, 3.05) is 6.54 Å². The number of benzene rings is 1. The second kappa shape index (κ2) is 4.49. The molecule has 1 aromatic carbocycles. The van der Waals surface area contributed by atoms with Crippen LogP contribution < -0.4 is 5.32 Å². The Morgan fingerprint density at radius 3 is 2.88 bits per heavy atom. The van der Waals surface area contributed by atoms with Gasteiger partial charge >= 0.3 is 0 Å². The van der Waals surface area contributed by atoms with Crippen molar-refractivity contribution in [1.82, 2.24) is 5.32 Å². The maximum atomic E-state index is 11.9. The first-order valence-electron chi connectivity index (χ1n) is 5.48. The first kappa shape index (κ1) is 10.9. The fourth-order valence-corrected chi connectivity index (χ4v) is 1.72. The molecule has 0 unspecified atom stereocenters. The van der Waals surface area contributed by atoms with Gasteiger partial charge in [-0.3, -0.25) is 4.79 Å². The number of rotatable bonds is 4. The molecule has 0 radical (unpaired) electrons. The van der Waals surface area contributed by atoms with Gasteiger partial charge in [-0.05, 0) is 25.6 Å². The van der Waals surface area contributed by atoms with E-state index in [1.807, 2.05) is 38.1 Å². The minimum atomic E-state index is -0.203. The molecule has 0 aliphatic carbocycles. The summed E-state index contributed by atoms with van der Waals surface area (Å²) >= 11 is 0. The third kappa shape index (κ3) is 1.99. The third-order valence-corrected chi connectivity index (χ3v) is 2.57. The van der Waals surface area contributed by atoms with Gasteiger partial charge in [0.1, 0.15) is 5.58 Å². The number of para-hydroxylation sites is 1. The number of hydrogen-bond acceptors (Lipinski definition) is 3. The van der Waals surface area contributed by atoms with E-state index in [-0.39, 0.29) is 11.8 Å². The number of nitrogens with one attached hydrogen (secondary N) is 1. The number of furan rings is 1. The van der Waals surface area contributed by atoms with Crippen LogP contribution in [0.25, 0.3) is 11.0 Å². The van der Waals surface area contributed by atoms with E-state index in [4.69, 9.17) is 4.42 Å². The van der Waals surface area contributed by atoms with E-state index in [0.29, 0.717) is 5.76 Å². The predicted octanol–water partition coefficient (Wildman–Crippen LogP) is 2.61. The zero-order chi connectivity index (χ0) is 11.5. The summed E-state index contributed by atoms with van der Waals surface area (Å²) in [6.45, 7) is 4.59. The van der Waals surface area contributed by atoms with Crippen LogP contribution in [0, 0.1) is 0 Å². The Morgan fingerprint density at radius 2 is 2.19 bits per heavy atom. The molecule has 3 nitrogen and oxygen atoms in total. The molecule has 1 aromatic heterocycles. The first-order valence-corrected chi connectivity index (χ1v) is 5.48. The summed E-state index contributed by atoms with van der Waals surface area (Å²) < 4.78 is 5.51. The summed E-state index contributed by atoms with van der Waals surface area (Å²) in [7, 11) is 0. The van der Waals surface area contributed by atoms with Crippen LogP contribution in [0.15, 0.2) is 34.7 Å². The van der Waals surface area contributed by atoms with Gasteiger partial charge in [0.25, 0.3) is 0 Å². The molecule has 1 heterocycles.